The number of rotatable bonds is 7. The number of carbonyl (C=O) groups excluding carboxylic acids is 1. The number of ether oxygens (including phenoxy) is 1. The number of amides is 1. The van der Waals surface area contributed by atoms with E-state index in [0.717, 1.165) is 17.7 Å². The van der Waals surface area contributed by atoms with Crippen LogP contribution < -0.4 is 10.1 Å². The fourth-order valence-corrected chi connectivity index (χ4v) is 5.00. The molecule has 0 saturated carbocycles. The monoisotopic (exact) mass is 406 g/mol. The highest BCUT2D eigenvalue weighted by atomic mass is 32.2. The Morgan fingerprint density at radius 2 is 2.00 bits per heavy atom. The maximum absolute atomic E-state index is 13.6. The lowest BCUT2D eigenvalue weighted by molar-refractivity contribution is -0.122. The Morgan fingerprint density at radius 1 is 1.25 bits per heavy atom. The van der Waals surface area contributed by atoms with Gasteiger partial charge in [-0.1, -0.05) is 30.3 Å². The first-order valence-corrected chi connectivity index (χ1v) is 10.5. The first-order chi connectivity index (χ1) is 13.4. The lowest BCUT2D eigenvalue weighted by atomic mass is 10.0. The average Bonchev–Trinajstić information content (AvgIpc) is 3.16. The molecule has 0 aliphatic carbocycles. The van der Waals surface area contributed by atoms with Gasteiger partial charge < -0.3 is 10.1 Å². The Bertz CT molecular complexity index is 934. The fraction of sp³-hybridized carbons (Fsp3) is 0.350. The van der Waals surface area contributed by atoms with Gasteiger partial charge in [0.1, 0.15) is 16.5 Å². The first kappa shape index (κ1) is 20.3. The molecule has 3 rings (SSSR count). The molecule has 2 aromatic carbocycles. The minimum Gasteiger partial charge on any atom is -0.495 e. The smallest absolute Gasteiger partial charge is 0.246 e. The summed E-state index contributed by atoms with van der Waals surface area (Å²) in [6.45, 7) is 0.953. The molecule has 1 unspecified atom stereocenters. The van der Waals surface area contributed by atoms with Crippen molar-refractivity contribution < 1.29 is 22.3 Å². The summed E-state index contributed by atoms with van der Waals surface area (Å²) < 4.78 is 45.7. The van der Waals surface area contributed by atoms with Crippen LogP contribution in [0.25, 0.3) is 0 Å². The summed E-state index contributed by atoms with van der Waals surface area (Å²) in [6, 6.07) is 13.0. The third-order valence-electron chi connectivity index (χ3n) is 4.80. The second kappa shape index (κ2) is 8.70. The quantitative estimate of drug-likeness (QED) is 0.767. The molecule has 1 fully saturated rings. The van der Waals surface area contributed by atoms with E-state index in [-0.39, 0.29) is 35.4 Å². The number of sulfonamides is 1. The predicted octanol–water partition coefficient (Wildman–Crippen LogP) is 2.55. The van der Waals surface area contributed by atoms with Crippen molar-refractivity contribution in [3.05, 3.63) is 59.9 Å². The lowest BCUT2D eigenvalue weighted by Crippen LogP contribution is -2.30. The zero-order valence-corrected chi connectivity index (χ0v) is 16.4. The zero-order chi connectivity index (χ0) is 20.1. The highest BCUT2D eigenvalue weighted by molar-refractivity contribution is 7.89. The molecule has 150 valence electrons. The Morgan fingerprint density at radius 3 is 2.71 bits per heavy atom. The molecule has 6 nitrogen and oxygen atoms in total. The third-order valence-corrected chi connectivity index (χ3v) is 6.68. The molecule has 1 heterocycles. The van der Waals surface area contributed by atoms with Gasteiger partial charge in [-0.15, -0.1) is 0 Å². The second-order valence-corrected chi connectivity index (χ2v) is 8.69. The third kappa shape index (κ3) is 4.69. The number of hydrogen-bond acceptors (Lipinski definition) is 4. The van der Waals surface area contributed by atoms with Crippen molar-refractivity contribution in [2.24, 2.45) is 5.92 Å². The van der Waals surface area contributed by atoms with Crippen molar-refractivity contribution in [2.45, 2.75) is 24.3 Å². The molecule has 1 N–H and O–H groups in total. The molecule has 0 bridgehead atoms. The molecule has 1 amide bonds. The number of methoxy groups -OCH3 is 1. The van der Waals surface area contributed by atoms with E-state index < -0.39 is 15.8 Å². The SMILES string of the molecule is COc1ccc(F)cc1S(=O)(=O)N1CCC(CC(=O)NCc2ccccc2)C1. The molecule has 0 aromatic heterocycles. The van der Waals surface area contributed by atoms with Crippen molar-refractivity contribution >= 4 is 15.9 Å². The summed E-state index contributed by atoms with van der Waals surface area (Å²) >= 11 is 0. The molecule has 0 radical (unpaired) electrons. The molecular weight excluding hydrogens is 383 g/mol. The Kier molecular flexibility index (Phi) is 6.31. The first-order valence-electron chi connectivity index (χ1n) is 9.04. The van der Waals surface area contributed by atoms with Crippen molar-refractivity contribution in [3.63, 3.8) is 0 Å². The van der Waals surface area contributed by atoms with Crippen LogP contribution in [0, 0.1) is 11.7 Å². The summed E-state index contributed by atoms with van der Waals surface area (Å²) in [5, 5.41) is 2.86. The molecule has 1 aliphatic heterocycles. The van der Waals surface area contributed by atoms with Crippen molar-refractivity contribution in [1.29, 1.82) is 0 Å². The molecule has 1 saturated heterocycles. The lowest BCUT2D eigenvalue weighted by Gasteiger charge is -2.18. The van der Waals surface area contributed by atoms with E-state index in [1.54, 1.807) is 0 Å². The van der Waals surface area contributed by atoms with E-state index >= 15 is 0 Å². The molecular formula is C20H23FN2O4S. The van der Waals surface area contributed by atoms with E-state index in [9.17, 15) is 17.6 Å². The van der Waals surface area contributed by atoms with Crippen LogP contribution in [0.2, 0.25) is 0 Å². The van der Waals surface area contributed by atoms with Gasteiger partial charge in [0, 0.05) is 26.1 Å². The number of carbonyl (C=O) groups is 1. The number of nitrogens with one attached hydrogen (secondary N) is 1. The number of hydrogen-bond donors (Lipinski definition) is 1. The molecule has 1 atom stereocenters. The van der Waals surface area contributed by atoms with Crippen molar-refractivity contribution in [3.8, 4) is 5.75 Å². The summed E-state index contributed by atoms with van der Waals surface area (Å²) in [4.78, 5) is 12.0. The van der Waals surface area contributed by atoms with Gasteiger partial charge >= 0.3 is 0 Å². The van der Waals surface area contributed by atoms with Gasteiger partial charge in [-0.05, 0) is 36.1 Å². The summed E-state index contributed by atoms with van der Waals surface area (Å²) in [5.41, 5.74) is 1.00. The van der Waals surface area contributed by atoms with Crippen LogP contribution >= 0.6 is 0 Å². The topological polar surface area (TPSA) is 75.7 Å². The van der Waals surface area contributed by atoms with Crippen LogP contribution in [0.4, 0.5) is 4.39 Å². The van der Waals surface area contributed by atoms with E-state index in [1.807, 2.05) is 30.3 Å². The second-order valence-electron chi connectivity index (χ2n) is 6.78. The van der Waals surface area contributed by atoms with Crippen molar-refractivity contribution in [1.82, 2.24) is 9.62 Å². The predicted molar refractivity (Wildman–Crippen MR) is 103 cm³/mol. The van der Waals surface area contributed by atoms with E-state index in [1.165, 1.54) is 17.5 Å². The van der Waals surface area contributed by atoms with Gasteiger partial charge in [0.05, 0.1) is 7.11 Å². The standard InChI is InChI=1S/C20H23FN2O4S/c1-27-18-8-7-17(21)12-19(18)28(25,26)23-10-9-16(14-23)11-20(24)22-13-15-5-3-2-4-6-15/h2-8,12,16H,9-11,13-14H2,1H3,(H,22,24). The van der Waals surface area contributed by atoms with Gasteiger partial charge in [0.2, 0.25) is 15.9 Å². The minimum absolute atomic E-state index is 0.0786. The largest absolute Gasteiger partial charge is 0.495 e. The maximum atomic E-state index is 13.6. The highest BCUT2D eigenvalue weighted by Gasteiger charge is 2.35. The summed E-state index contributed by atoms with van der Waals surface area (Å²) in [5.74, 6) is -0.734. The average molecular weight is 406 g/mol. The number of nitrogens with zero attached hydrogens (tertiary/aromatic N) is 1. The number of halogens is 1. The number of benzene rings is 2. The van der Waals surface area contributed by atoms with Crippen molar-refractivity contribution in [2.75, 3.05) is 20.2 Å². The van der Waals surface area contributed by atoms with Gasteiger partial charge in [-0.3, -0.25) is 4.79 Å². The van der Waals surface area contributed by atoms with Crippen LogP contribution in [-0.2, 0) is 21.4 Å². The van der Waals surface area contributed by atoms with Crippen LogP contribution in [0.3, 0.4) is 0 Å². The maximum Gasteiger partial charge on any atom is 0.246 e. The van der Waals surface area contributed by atoms with E-state index in [2.05, 4.69) is 5.32 Å². The normalized spacial score (nSPS) is 17.4. The van der Waals surface area contributed by atoms with E-state index in [4.69, 9.17) is 4.74 Å². The fourth-order valence-electron chi connectivity index (χ4n) is 3.30. The Labute approximate surface area is 164 Å². The molecule has 28 heavy (non-hydrogen) atoms. The van der Waals surface area contributed by atoms with Crippen LogP contribution in [0.1, 0.15) is 18.4 Å². The van der Waals surface area contributed by atoms with Crippen LogP contribution in [0.15, 0.2) is 53.4 Å². The Balaban J connectivity index is 1.60. The molecule has 8 heteroatoms. The van der Waals surface area contributed by atoms with Gasteiger partial charge in [0.25, 0.3) is 0 Å². The minimum atomic E-state index is -3.89. The highest BCUT2D eigenvalue weighted by Crippen LogP contribution is 2.31. The van der Waals surface area contributed by atoms with Crippen LogP contribution in [0.5, 0.6) is 5.75 Å². The van der Waals surface area contributed by atoms with Gasteiger partial charge in [-0.2, -0.15) is 4.31 Å². The summed E-state index contributed by atoms with van der Waals surface area (Å²) in [7, 11) is -2.55. The molecule has 0 spiro atoms. The Hall–Kier alpha value is -2.45. The van der Waals surface area contributed by atoms with Crippen LogP contribution in [-0.4, -0.2) is 38.8 Å². The van der Waals surface area contributed by atoms with Gasteiger partial charge in [-0.25, -0.2) is 12.8 Å². The summed E-state index contributed by atoms with van der Waals surface area (Å²) in [6.07, 6.45) is 0.828. The van der Waals surface area contributed by atoms with E-state index in [0.29, 0.717) is 19.5 Å². The molecule has 2 aromatic rings. The van der Waals surface area contributed by atoms with Gasteiger partial charge in [0.15, 0.2) is 0 Å². The molecule has 1 aliphatic rings. The zero-order valence-electron chi connectivity index (χ0n) is 15.6.